The van der Waals surface area contributed by atoms with E-state index in [1.54, 1.807) is 12.1 Å². The normalized spacial score (nSPS) is 18.8. The number of fused-ring (bicyclic) bond motifs is 1. The predicted octanol–water partition coefficient (Wildman–Crippen LogP) is 3.84. The number of hydrogen-bond donors (Lipinski definition) is 1. The van der Waals surface area contributed by atoms with Crippen molar-refractivity contribution in [1.82, 2.24) is 4.98 Å². The van der Waals surface area contributed by atoms with Crippen molar-refractivity contribution < 1.29 is 9.53 Å². The van der Waals surface area contributed by atoms with Gasteiger partial charge >= 0.3 is 0 Å². The molecule has 2 aliphatic rings. The van der Waals surface area contributed by atoms with E-state index in [1.807, 2.05) is 19.2 Å². The first kappa shape index (κ1) is 16.2. The van der Waals surface area contributed by atoms with Crippen LogP contribution in [0.1, 0.15) is 29.5 Å². The van der Waals surface area contributed by atoms with Crippen molar-refractivity contribution in [3.63, 3.8) is 0 Å². The molecule has 3 heterocycles. The zero-order chi connectivity index (χ0) is 17.4. The molecule has 1 unspecified atom stereocenters. The van der Waals surface area contributed by atoms with Gasteiger partial charge in [0.2, 0.25) is 0 Å². The molecule has 0 bridgehead atoms. The number of nitrogens with zero attached hydrogens (tertiary/aromatic N) is 2. The van der Waals surface area contributed by atoms with Crippen LogP contribution in [0.4, 0.5) is 11.5 Å². The van der Waals surface area contributed by atoms with Crippen LogP contribution in [-0.4, -0.2) is 29.3 Å². The van der Waals surface area contributed by atoms with Gasteiger partial charge in [0.15, 0.2) is 5.82 Å². The van der Waals surface area contributed by atoms with Gasteiger partial charge in [0.05, 0.1) is 5.71 Å². The van der Waals surface area contributed by atoms with Crippen LogP contribution in [0.25, 0.3) is 0 Å². The van der Waals surface area contributed by atoms with Crippen LogP contribution < -0.4 is 5.32 Å². The number of anilines is 1. The van der Waals surface area contributed by atoms with Crippen LogP contribution in [0.2, 0.25) is 5.02 Å². The SMILES string of the molecule is Cc1cnc2c(c1)CC(c1cc(NC(=O)C3CCCO3)ccc1Cl)=N2. The van der Waals surface area contributed by atoms with Crippen molar-refractivity contribution in [3.05, 3.63) is 52.2 Å². The molecule has 0 radical (unpaired) electrons. The molecule has 0 saturated carbocycles. The number of aryl methyl sites for hydroxylation is 1. The molecule has 128 valence electrons. The van der Waals surface area contributed by atoms with E-state index < -0.39 is 0 Å². The van der Waals surface area contributed by atoms with E-state index in [2.05, 4.69) is 21.4 Å². The van der Waals surface area contributed by atoms with E-state index in [0.29, 0.717) is 23.7 Å². The Kier molecular flexibility index (Phi) is 4.27. The fourth-order valence-electron chi connectivity index (χ4n) is 3.19. The Labute approximate surface area is 151 Å². The molecule has 1 saturated heterocycles. The molecule has 2 aromatic rings. The van der Waals surface area contributed by atoms with Crippen LogP contribution in [0.15, 0.2) is 35.5 Å². The Morgan fingerprint density at radius 3 is 3.04 bits per heavy atom. The predicted molar refractivity (Wildman–Crippen MR) is 97.9 cm³/mol. The molecule has 0 spiro atoms. The summed E-state index contributed by atoms with van der Waals surface area (Å²) >= 11 is 6.38. The van der Waals surface area contributed by atoms with Gasteiger partial charge in [-0.2, -0.15) is 0 Å². The third-order valence-corrected chi connectivity index (χ3v) is 4.77. The lowest BCUT2D eigenvalue weighted by molar-refractivity contribution is -0.124. The number of hydrogen-bond acceptors (Lipinski definition) is 4. The van der Waals surface area contributed by atoms with Gasteiger partial charge in [-0.15, -0.1) is 0 Å². The molecule has 1 aromatic carbocycles. The fourth-order valence-corrected chi connectivity index (χ4v) is 3.41. The maximum Gasteiger partial charge on any atom is 0.253 e. The molecular weight excluding hydrogens is 338 g/mol. The molecule has 1 N–H and O–H groups in total. The minimum Gasteiger partial charge on any atom is -0.368 e. The first-order chi connectivity index (χ1) is 12.1. The third-order valence-electron chi connectivity index (χ3n) is 4.45. The number of rotatable bonds is 3. The second kappa shape index (κ2) is 6.58. The molecule has 0 aliphatic carbocycles. The smallest absolute Gasteiger partial charge is 0.253 e. The highest BCUT2D eigenvalue weighted by molar-refractivity contribution is 6.34. The molecule has 5 nitrogen and oxygen atoms in total. The van der Waals surface area contributed by atoms with Crippen molar-refractivity contribution in [2.24, 2.45) is 4.99 Å². The molecule has 1 aromatic heterocycles. The quantitative estimate of drug-likeness (QED) is 0.909. The van der Waals surface area contributed by atoms with E-state index in [-0.39, 0.29) is 12.0 Å². The van der Waals surface area contributed by atoms with Gasteiger partial charge < -0.3 is 10.1 Å². The van der Waals surface area contributed by atoms with Crippen LogP contribution >= 0.6 is 11.6 Å². The molecular formula is C19H18ClN3O2. The van der Waals surface area contributed by atoms with Crippen molar-refractivity contribution in [2.75, 3.05) is 11.9 Å². The van der Waals surface area contributed by atoms with Gasteiger partial charge in [-0.05, 0) is 43.5 Å². The van der Waals surface area contributed by atoms with Gasteiger partial charge in [0.25, 0.3) is 5.91 Å². The van der Waals surface area contributed by atoms with Crippen LogP contribution in [0.3, 0.4) is 0 Å². The van der Waals surface area contributed by atoms with Crippen molar-refractivity contribution in [3.8, 4) is 0 Å². The van der Waals surface area contributed by atoms with E-state index in [1.165, 1.54) is 0 Å². The average Bonchev–Trinajstić information content (AvgIpc) is 3.25. The third kappa shape index (κ3) is 3.30. The number of nitrogens with one attached hydrogen (secondary N) is 1. The first-order valence-electron chi connectivity index (χ1n) is 8.35. The lowest BCUT2D eigenvalue weighted by Crippen LogP contribution is -2.26. The lowest BCUT2D eigenvalue weighted by atomic mass is 10.0. The number of benzene rings is 1. The van der Waals surface area contributed by atoms with E-state index in [0.717, 1.165) is 41.1 Å². The number of aliphatic imine (C=N–C) groups is 1. The maximum atomic E-state index is 12.2. The van der Waals surface area contributed by atoms with Gasteiger partial charge in [0, 0.05) is 41.1 Å². The number of carbonyl (C=O) groups is 1. The molecule has 1 fully saturated rings. The summed E-state index contributed by atoms with van der Waals surface area (Å²) in [4.78, 5) is 21.2. The van der Waals surface area contributed by atoms with Crippen molar-refractivity contribution in [1.29, 1.82) is 0 Å². The fraction of sp³-hybridized carbons (Fsp3) is 0.316. The number of ether oxygens (including phenoxy) is 1. The van der Waals surface area contributed by atoms with Crippen molar-refractivity contribution >= 4 is 34.7 Å². The van der Waals surface area contributed by atoms with Gasteiger partial charge in [0.1, 0.15) is 6.10 Å². The summed E-state index contributed by atoms with van der Waals surface area (Å²) in [5, 5.41) is 3.52. The summed E-state index contributed by atoms with van der Waals surface area (Å²) in [6.45, 7) is 2.66. The number of amides is 1. The summed E-state index contributed by atoms with van der Waals surface area (Å²) in [5.74, 6) is 0.630. The minimum absolute atomic E-state index is 0.111. The Bertz CT molecular complexity index is 873. The van der Waals surface area contributed by atoms with E-state index >= 15 is 0 Å². The Morgan fingerprint density at radius 1 is 1.36 bits per heavy atom. The number of halogens is 1. The minimum atomic E-state index is -0.362. The largest absolute Gasteiger partial charge is 0.368 e. The van der Waals surface area contributed by atoms with Crippen LogP contribution in [-0.2, 0) is 16.0 Å². The summed E-state index contributed by atoms with van der Waals surface area (Å²) < 4.78 is 5.42. The molecule has 4 rings (SSSR count). The molecule has 6 heteroatoms. The zero-order valence-electron chi connectivity index (χ0n) is 13.9. The summed E-state index contributed by atoms with van der Waals surface area (Å²) in [5.41, 5.74) is 4.59. The monoisotopic (exact) mass is 355 g/mol. The van der Waals surface area contributed by atoms with Crippen LogP contribution in [0, 0.1) is 6.92 Å². The molecule has 1 atom stereocenters. The lowest BCUT2D eigenvalue weighted by Gasteiger charge is -2.12. The Morgan fingerprint density at radius 2 is 2.24 bits per heavy atom. The van der Waals surface area contributed by atoms with E-state index in [4.69, 9.17) is 16.3 Å². The standard InChI is InChI=1S/C19H18ClN3O2/c1-11-7-12-8-16(23-18(12)21-10-11)14-9-13(4-5-15(14)20)22-19(24)17-3-2-6-25-17/h4-5,7,9-10,17H,2-3,6,8H2,1H3,(H,22,24). The topological polar surface area (TPSA) is 63.6 Å². The second-order valence-corrected chi connectivity index (χ2v) is 6.82. The highest BCUT2D eigenvalue weighted by Gasteiger charge is 2.24. The highest BCUT2D eigenvalue weighted by atomic mass is 35.5. The molecule has 25 heavy (non-hydrogen) atoms. The maximum absolute atomic E-state index is 12.2. The summed E-state index contributed by atoms with van der Waals surface area (Å²) in [6, 6.07) is 7.54. The molecule has 1 amide bonds. The van der Waals surface area contributed by atoms with Gasteiger partial charge in [-0.1, -0.05) is 17.7 Å². The van der Waals surface area contributed by atoms with Gasteiger partial charge in [-0.3, -0.25) is 4.79 Å². The summed E-state index contributed by atoms with van der Waals surface area (Å²) in [6.07, 6.45) is 3.82. The molecule has 2 aliphatic heterocycles. The Hall–Kier alpha value is -2.24. The van der Waals surface area contributed by atoms with Gasteiger partial charge in [-0.25, -0.2) is 9.98 Å². The highest BCUT2D eigenvalue weighted by Crippen LogP contribution is 2.31. The van der Waals surface area contributed by atoms with Crippen LogP contribution in [0.5, 0.6) is 0 Å². The zero-order valence-corrected chi connectivity index (χ0v) is 14.6. The number of carbonyl (C=O) groups excluding carboxylic acids is 1. The van der Waals surface area contributed by atoms with E-state index in [9.17, 15) is 4.79 Å². The number of pyridine rings is 1. The van der Waals surface area contributed by atoms with Crippen molar-refractivity contribution in [2.45, 2.75) is 32.3 Å². The summed E-state index contributed by atoms with van der Waals surface area (Å²) in [7, 11) is 0. The Balaban J connectivity index is 1.57. The first-order valence-corrected chi connectivity index (χ1v) is 8.73. The number of aromatic nitrogens is 1. The average molecular weight is 356 g/mol. The second-order valence-electron chi connectivity index (χ2n) is 6.42.